The lowest BCUT2D eigenvalue weighted by Gasteiger charge is -2.13. The molecular formula is C14H14F2N2O3S. The molecule has 0 saturated carbocycles. The minimum atomic E-state index is -3.44. The highest BCUT2D eigenvalue weighted by Crippen LogP contribution is 2.23. The molecule has 22 heavy (non-hydrogen) atoms. The predicted octanol–water partition coefficient (Wildman–Crippen LogP) is 2.70. The van der Waals surface area contributed by atoms with Gasteiger partial charge in [0, 0.05) is 24.6 Å². The lowest BCUT2D eigenvalue weighted by molar-refractivity contribution is -0.0504. The predicted molar refractivity (Wildman–Crippen MR) is 77.7 cm³/mol. The Balaban J connectivity index is 2.22. The molecular weight excluding hydrogens is 314 g/mol. The summed E-state index contributed by atoms with van der Waals surface area (Å²) in [5.74, 6) is 0.193. The number of anilines is 1. The molecule has 0 fully saturated rings. The minimum Gasteiger partial charge on any atom is -0.434 e. The first-order chi connectivity index (χ1) is 10.4. The maximum Gasteiger partial charge on any atom is 0.387 e. The maximum atomic E-state index is 12.3. The van der Waals surface area contributed by atoms with Crippen LogP contribution in [0.2, 0.25) is 0 Å². The van der Waals surface area contributed by atoms with Crippen LogP contribution in [0.4, 0.5) is 14.6 Å². The summed E-state index contributed by atoms with van der Waals surface area (Å²) in [6.45, 7) is -2.83. The molecule has 0 bridgehead atoms. The van der Waals surface area contributed by atoms with E-state index in [0.717, 1.165) is 6.26 Å². The van der Waals surface area contributed by atoms with Gasteiger partial charge >= 0.3 is 6.61 Å². The topological polar surface area (TPSA) is 68.3 Å². The lowest BCUT2D eigenvalue weighted by Crippen LogP contribution is -2.10. The Bertz CT molecular complexity index is 751. The third kappa shape index (κ3) is 4.14. The van der Waals surface area contributed by atoms with E-state index in [-0.39, 0.29) is 23.0 Å². The molecule has 0 spiro atoms. The first kappa shape index (κ1) is 16.2. The van der Waals surface area contributed by atoms with E-state index in [9.17, 15) is 17.2 Å². The molecule has 118 valence electrons. The molecule has 1 aromatic carbocycles. The number of pyridine rings is 1. The van der Waals surface area contributed by atoms with Crippen LogP contribution in [0.25, 0.3) is 0 Å². The highest BCUT2D eigenvalue weighted by Gasteiger charge is 2.15. The summed E-state index contributed by atoms with van der Waals surface area (Å²) in [6, 6.07) is 9.20. The van der Waals surface area contributed by atoms with Crippen LogP contribution in [0.5, 0.6) is 5.75 Å². The van der Waals surface area contributed by atoms with Crippen molar-refractivity contribution in [3.8, 4) is 5.75 Å². The van der Waals surface area contributed by atoms with Crippen LogP contribution in [0, 0.1) is 0 Å². The number of rotatable bonds is 6. The van der Waals surface area contributed by atoms with Gasteiger partial charge in [-0.05, 0) is 18.2 Å². The number of benzene rings is 1. The van der Waals surface area contributed by atoms with Crippen molar-refractivity contribution >= 4 is 15.7 Å². The number of halogens is 2. The zero-order valence-electron chi connectivity index (χ0n) is 11.7. The van der Waals surface area contributed by atoms with Gasteiger partial charge in [-0.25, -0.2) is 13.4 Å². The van der Waals surface area contributed by atoms with Crippen LogP contribution < -0.4 is 10.1 Å². The number of aromatic nitrogens is 1. The summed E-state index contributed by atoms with van der Waals surface area (Å²) < 4.78 is 52.5. The fourth-order valence-electron chi connectivity index (χ4n) is 1.86. The monoisotopic (exact) mass is 328 g/mol. The van der Waals surface area contributed by atoms with Gasteiger partial charge in [0.15, 0.2) is 9.84 Å². The fourth-order valence-corrected chi connectivity index (χ4v) is 2.66. The second-order valence-corrected chi connectivity index (χ2v) is 6.45. The second-order valence-electron chi connectivity index (χ2n) is 4.46. The van der Waals surface area contributed by atoms with E-state index in [1.54, 1.807) is 18.2 Å². The lowest BCUT2D eigenvalue weighted by atomic mass is 10.2. The van der Waals surface area contributed by atoms with Crippen LogP contribution in [0.15, 0.2) is 47.5 Å². The Morgan fingerprint density at radius 3 is 2.64 bits per heavy atom. The first-order valence-corrected chi connectivity index (χ1v) is 8.18. The molecule has 0 unspecified atom stereocenters. The molecule has 2 aromatic rings. The number of ether oxygens (including phenoxy) is 1. The molecule has 1 N–H and O–H groups in total. The fraction of sp³-hybridized carbons (Fsp3) is 0.214. The molecule has 0 aliphatic carbocycles. The smallest absolute Gasteiger partial charge is 0.387 e. The van der Waals surface area contributed by atoms with E-state index in [4.69, 9.17) is 0 Å². The molecule has 0 radical (unpaired) electrons. The van der Waals surface area contributed by atoms with Crippen molar-refractivity contribution in [2.45, 2.75) is 18.1 Å². The van der Waals surface area contributed by atoms with Gasteiger partial charge in [0.25, 0.3) is 0 Å². The van der Waals surface area contributed by atoms with Crippen LogP contribution in [-0.2, 0) is 16.4 Å². The number of alkyl halides is 2. The Morgan fingerprint density at radius 2 is 1.95 bits per heavy atom. The number of nitrogens with one attached hydrogen (secondary N) is 1. The van der Waals surface area contributed by atoms with Crippen molar-refractivity contribution in [1.29, 1.82) is 0 Å². The Morgan fingerprint density at radius 1 is 1.23 bits per heavy atom. The Kier molecular flexibility index (Phi) is 4.92. The summed E-state index contributed by atoms with van der Waals surface area (Å²) in [4.78, 5) is 4.02. The standard InChI is InChI=1S/C14H14F2N2O3S/c1-22(19,20)12-7-4-8-17-13(12)18-9-10-5-2-3-6-11(10)21-14(15)16/h2-8,14H,9H2,1H3,(H,17,18). The number of hydrogen-bond acceptors (Lipinski definition) is 5. The number of para-hydroxylation sites is 1. The van der Waals surface area contributed by atoms with Gasteiger partial charge < -0.3 is 10.1 Å². The first-order valence-electron chi connectivity index (χ1n) is 6.29. The Hall–Kier alpha value is -2.22. The molecule has 2 rings (SSSR count). The SMILES string of the molecule is CS(=O)(=O)c1cccnc1NCc1ccccc1OC(F)F. The van der Waals surface area contributed by atoms with Gasteiger partial charge in [0.1, 0.15) is 16.5 Å². The van der Waals surface area contributed by atoms with Crippen molar-refractivity contribution < 1.29 is 21.9 Å². The van der Waals surface area contributed by atoms with Crippen LogP contribution in [-0.4, -0.2) is 26.3 Å². The van der Waals surface area contributed by atoms with E-state index in [1.165, 1.54) is 24.4 Å². The molecule has 0 amide bonds. The van der Waals surface area contributed by atoms with Crippen LogP contribution >= 0.6 is 0 Å². The van der Waals surface area contributed by atoms with E-state index in [0.29, 0.717) is 5.56 Å². The van der Waals surface area contributed by atoms with Gasteiger partial charge in [-0.3, -0.25) is 0 Å². The number of hydrogen-bond donors (Lipinski definition) is 1. The largest absolute Gasteiger partial charge is 0.434 e. The molecule has 5 nitrogen and oxygen atoms in total. The third-order valence-electron chi connectivity index (χ3n) is 2.81. The summed E-state index contributed by atoms with van der Waals surface area (Å²) in [6.07, 6.45) is 2.52. The molecule has 0 aliphatic rings. The summed E-state index contributed by atoms with van der Waals surface area (Å²) >= 11 is 0. The molecule has 0 aliphatic heterocycles. The quantitative estimate of drug-likeness (QED) is 0.883. The highest BCUT2D eigenvalue weighted by molar-refractivity contribution is 7.90. The van der Waals surface area contributed by atoms with Crippen molar-refractivity contribution in [1.82, 2.24) is 4.98 Å². The van der Waals surface area contributed by atoms with E-state index >= 15 is 0 Å². The van der Waals surface area contributed by atoms with Gasteiger partial charge in [-0.2, -0.15) is 8.78 Å². The zero-order chi connectivity index (χ0) is 16.2. The highest BCUT2D eigenvalue weighted by atomic mass is 32.2. The average molecular weight is 328 g/mol. The maximum absolute atomic E-state index is 12.3. The van der Waals surface area contributed by atoms with E-state index < -0.39 is 16.4 Å². The van der Waals surface area contributed by atoms with Gasteiger partial charge in [0.2, 0.25) is 0 Å². The molecule has 8 heteroatoms. The molecule has 0 saturated heterocycles. The van der Waals surface area contributed by atoms with Gasteiger partial charge in [-0.1, -0.05) is 18.2 Å². The summed E-state index contributed by atoms with van der Waals surface area (Å²) in [5, 5.41) is 2.83. The van der Waals surface area contributed by atoms with Crippen LogP contribution in [0.3, 0.4) is 0 Å². The zero-order valence-corrected chi connectivity index (χ0v) is 12.5. The van der Waals surface area contributed by atoms with Crippen LogP contribution in [0.1, 0.15) is 5.56 Å². The van der Waals surface area contributed by atoms with Crippen molar-refractivity contribution in [2.24, 2.45) is 0 Å². The van der Waals surface area contributed by atoms with Crippen molar-refractivity contribution in [3.63, 3.8) is 0 Å². The van der Waals surface area contributed by atoms with Gasteiger partial charge in [-0.15, -0.1) is 0 Å². The average Bonchev–Trinajstić information content (AvgIpc) is 2.45. The second kappa shape index (κ2) is 6.69. The normalized spacial score (nSPS) is 11.5. The minimum absolute atomic E-state index is 0.0295. The third-order valence-corrected chi connectivity index (χ3v) is 3.93. The number of nitrogens with zero attached hydrogens (tertiary/aromatic N) is 1. The number of sulfone groups is 1. The molecule has 1 heterocycles. The Labute approximate surface area is 126 Å². The van der Waals surface area contributed by atoms with E-state index in [1.807, 2.05) is 0 Å². The van der Waals surface area contributed by atoms with Gasteiger partial charge in [0.05, 0.1) is 0 Å². The molecule has 0 atom stereocenters. The van der Waals surface area contributed by atoms with Crippen molar-refractivity contribution in [2.75, 3.05) is 11.6 Å². The summed E-state index contributed by atoms with van der Waals surface area (Å²) in [5.41, 5.74) is 0.466. The van der Waals surface area contributed by atoms with Crippen molar-refractivity contribution in [3.05, 3.63) is 48.2 Å². The molecule has 1 aromatic heterocycles. The van der Waals surface area contributed by atoms with E-state index in [2.05, 4.69) is 15.0 Å². The summed E-state index contributed by atoms with van der Waals surface area (Å²) in [7, 11) is -3.44.